The average molecular weight is 242 g/mol. The maximum Gasteiger partial charge on any atom is 0.257 e. The standard InChI is InChI=1S/C10H9ClFN3O/c1-6-4-8(15-14-6)16-10-9(12)7(5-11)2-3-13-10/h2-4H,5H2,1H3,(H,14,15). The zero-order chi connectivity index (χ0) is 11.5. The number of H-pyrrole nitrogens is 1. The van der Waals surface area contributed by atoms with E-state index in [4.69, 9.17) is 16.3 Å². The van der Waals surface area contributed by atoms with Crippen molar-refractivity contribution < 1.29 is 9.13 Å². The number of aryl methyl sites for hydroxylation is 1. The summed E-state index contributed by atoms with van der Waals surface area (Å²) in [5, 5.41) is 6.51. The van der Waals surface area contributed by atoms with Gasteiger partial charge in [0, 0.05) is 23.5 Å². The molecule has 0 radical (unpaired) electrons. The Kier molecular flexibility index (Phi) is 3.05. The Balaban J connectivity index is 2.28. The number of pyridine rings is 1. The molecule has 2 aromatic rings. The summed E-state index contributed by atoms with van der Waals surface area (Å²) in [5.74, 6) is -0.331. The third-order valence-electron chi connectivity index (χ3n) is 1.96. The van der Waals surface area contributed by atoms with Gasteiger partial charge in [0.2, 0.25) is 5.88 Å². The van der Waals surface area contributed by atoms with Gasteiger partial charge in [-0.3, -0.25) is 5.10 Å². The molecular formula is C10H9ClFN3O. The molecular weight excluding hydrogens is 233 g/mol. The summed E-state index contributed by atoms with van der Waals surface area (Å²) in [6, 6.07) is 3.15. The maximum absolute atomic E-state index is 13.7. The highest BCUT2D eigenvalue weighted by atomic mass is 35.5. The Labute approximate surface area is 96.4 Å². The van der Waals surface area contributed by atoms with Crippen LogP contribution in [-0.4, -0.2) is 15.2 Å². The second-order valence-corrected chi connectivity index (χ2v) is 3.48. The lowest BCUT2D eigenvalue weighted by Gasteiger charge is -2.04. The van der Waals surface area contributed by atoms with Crippen molar-refractivity contribution in [3.05, 3.63) is 35.4 Å². The van der Waals surface area contributed by atoms with Crippen LogP contribution in [0.3, 0.4) is 0 Å². The number of hydrogen-bond donors (Lipinski definition) is 1. The molecule has 0 atom stereocenters. The van der Waals surface area contributed by atoms with Gasteiger partial charge in [0.1, 0.15) is 0 Å². The minimum atomic E-state index is -0.557. The predicted octanol–water partition coefficient (Wildman–Crippen LogP) is 2.78. The third kappa shape index (κ3) is 2.14. The first kappa shape index (κ1) is 10.9. The summed E-state index contributed by atoms with van der Waals surface area (Å²) >= 11 is 5.57. The molecule has 0 aliphatic carbocycles. The first-order chi connectivity index (χ1) is 7.70. The van der Waals surface area contributed by atoms with Crippen molar-refractivity contribution in [1.82, 2.24) is 15.2 Å². The minimum absolute atomic E-state index is 0.0737. The van der Waals surface area contributed by atoms with Crippen molar-refractivity contribution in [2.75, 3.05) is 0 Å². The van der Waals surface area contributed by atoms with Crippen molar-refractivity contribution in [3.63, 3.8) is 0 Å². The van der Waals surface area contributed by atoms with Crippen LogP contribution in [-0.2, 0) is 5.88 Å². The van der Waals surface area contributed by atoms with Gasteiger partial charge in [0.05, 0.1) is 5.88 Å². The van der Waals surface area contributed by atoms with Crippen LogP contribution in [0.1, 0.15) is 11.3 Å². The first-order valence-corrected chi connectivity index (χ1v) is 5.13. The molecule has 0 saturated heterocycles. The second kappa shape index (κ2) is 4.49. The lowest BCUT2D eigenvalue weighted by atomic mass is 10.3. The van der Waals surface area contributed by atoms with Crippen LogP contribution >= 0.6 is 11.6 Å². The van der Waals surface area contributed by atoms with Gasteiger partial charge in [0.25, 0.3) is 5.88 Å². The molecule has 16 heavy (non-hydrogen) atoms. The monoisotopic (exact) mass is 241 g/mol. The topological polar surface area (TPSA) is 50.8 Å². The van der Waals surface area contributed by atoms with Gasteiger partial charge >= 0.3 is 0 Å². The highest BCUT2D eigenvalue weighted by molar-refractivity contribution is 6.17. The van der Waals surface area contributed by atoms with E-state index in [-0.39, 0.29) is 17.6 Å². The van der Waals surface area contributed by atoms with Crippen LogP contribution in [0.25, 0.3) is 0 Å². The van der Waals surface area contributed by atoms with E-state index >= 15 is 0 Å². The van der Waals surface area contributed by atoms with E-state index in [9.17, 15) is 4.39 Å². The molecule has 6 heteroatoms. The van der Waals surface area contributed by atoms with Crippen LogP contribution in [0.5, 0.6) is 11.8 Å². The Bertz CT molecular complexity index is 501. The molecule has 4 nitrogen and oxygen atoms in total. The molecule has 0 unspecified atom stereocenters. The maximum atomic E-state index is 13.7. The number of halogens is 2. The number of aromatic nitrogens is 3. The summed E-state index contributed by atoms with van der Waals surface area (Å²) in [6.45, 7) is 1.82. The average Bonchev–Trinajstić information content (AvgIpc) is 2.67. The Morgan fingerprint density at radius 3 is 3.00 bits per heavy atom. The van der Waals surface area contributed by atoms with Crippen molar-refractivity contribution in [2.45, 2.75) is 12.8 Å². The van der Waals surface area contributed by atoms with Gasteiger partial charge in [-0.05, 0) is 13.0 Å². The van der Waals surface area contributed by atoms with Crippen LogP contribution in [0.4, 0.5) is 4.39 Å². The molecule has 0 aliphatic heterocycles. The molecule has 2 rings (SSSR count). The normalized spacial score (nSPS) is 10.4. The molecule has 84 valence electrons. The molecule has 2 heterocycles. The molecule has 2 aromatic heterocycles. The Hall–Kier alpha value is -1.62. The fourth-order valence-corrected chi connectivity index (χ4v) is 1.39. The van der Waals surface area contributed by atoms with E-state index in [0.29, 0.717) is 5.56 Å². The fraction of sp³-hybridized carbons (Fsp3) is 0.200. The van der Waals surface area contributed by atoms with Gasteiger partial charge in [0.15, 0.2) is 5.82 Å². The van der Waals surface area contributed by atoms with Gasteiger partial charge in [-0.15, -0.1) is 16.7 Å². The molecule has 0 spiro atoms. The molecule has 0 fully saturated rings. The number of nitrogens with zero attached hydrogens (tertiary/aromatic N) is 2. The summed E-state index contributed by atoms with van der Waals surface area (Å²) in [6.07, 6.45) is 1.44. The van der Waals surface area contributed by atoms with Crippen molar-refractivity contribution >= 4 is 11.6 Å². The second-order valence-electron chi connectivity index (χ2n) is 3.21. The smallest absolute Gasteiger partial charge is 0.257 e. The van der Waals surface area contributed by atoms with E-state index in [0.717, 1.165) is 5.69 Å². The van der Waals surface area contributed by atoms with Gasteiger partial charge in [-0.25, -0.2) is 9.37 Å². The lowest BCUT2D eigenvalue weighted by molar-refractivity contribution is 0.406. The van der Waals surface area contributed by atoms with Crippen LogP contribution in [0.2, 0.25) is 0 Å². The van der Waals surface area contributed by atoms with E-state index < -0.39 is 5.82 Å². The summed E-state index contributed by atoms with van der Waals surface area (Å²) in [5.41, 5.74) is 1.17. The number of rotatable bonds is 3. The van der Waals surface area contributed by atoms with Crippen LogP contribution in [0.15, 0.2) is 18.3 Å². The van der Waals surface area contributed by atoms with E-state index in [2.05, 4.69) is 15.2 Å². The molecule has 0 amide bonds. The highest BCUT2D eigenvalue weighted by Crippen LogP contribution is 2.23. The van der Waals surface area contributed by atoms with Crippen molar-refractivity contribution in [3.8, 4) is 11.8 Å². The molecule has 0 aromatic carbocycles. The predicted molar refractivity (Wildman–Crippen MR) is 57.2 cm³/mol. The number of ether oxygens (including phenoxy) is 1. The Morgan fingerprint density at radius 1 is 1.56 bits per heavy atom. The molecule has 1 N–H and O–H groups in total. The number of hydrogen-bond acceptors (Lipinski definition) is 3. The fourth-order valence-electron chi connectivity index (χ4n) is 1.18. The first-order valence-electron chi connectivity index (χ1n) is 4.60. The zero-order valence-corrected chi connectivity index (χ0v) is 9.25. The summed E-state index contributed by atoms with van der Waals surface area (Å²) in [7, 11) is 0. The van der Waals surface area contributed by atoms with Gasteiger partial charge < -0.3 is 4.74 Å². The SMILES string of the molecule is Cc1cc(Oc2nccc(CCl)c2F)n[nH]1. The van der Waals surface area contributed by atoms with Gasteiger partial charge in [-0.1, -0.05) is 0 Å². The molecule has 0 saturated carbocycles. The highest BCUT2D eigenvalue weighted by Gasteiger charge is 2.12. The van der Waals surface area contributed by atoms with Crippen LogP contribution in [0, 0.1) is 12.7 Å². The largest absolute Gasteiger partial charge is 0.416 e. The van der Waals surface area contributed by atoms with E-state index in [1.807, 2.05) is 6.92 Å². The minimum Gasteiger partial charge on any atom is -0.416 e. The number of aromatic amines is 1. The summed E-state index contributed by atoms with van der Waals surface area (Å²) < 4.78 is 18.8. The Morgan fingerprint density at radius 2 is 2.38 bits per heavy atom. The van der Waals surface area contributed by atoms with E-state index in [1.165, 1.54) is 12.3 Å². The third-order valence-corrected chi connectivity index (χ3v) is 2.25. The van der Waals surface area contributed by atoms with E-state index in [1.54, 1.807) is 6.07 Å². The summed E-state index contributed by atoms with van der Waals surface area (Å²) in [4.78, 5) is 3.78. The lowest BCUT2D eigenvalue weighted by Crippen LogP contribution is -1.95. The quantitative estimate of drug-likeness (QED) is 0.841. The molecule has 0 bridgehead atoms. The zero-order valence-electron chi connectivity index (χ0n) is 8.50. The molecule has 0 aliphatic rings. The van der Waals surface area contributed by atoms with Gasteiger partial charge in [-0.2, -0.15) is 0 Å². The number of alkyl halides is 1. The number of nitrogens with one attached hydrogen (secondary N) is 1. The van der Waals surface area contributed by atoms with Crippen LogP contribution < -0.4 is 4.74 Å². The van der Waals surface area contributed by atoms with Crippen molar-refractivity contribution in [2.24, 2.45) is 0 Å². The van der Waals surface area contributed by atoms with Crippen molar-refractivity contribution in [1.29, 1.82) is 0 Å².